The van der Waals surface area contributed by atoms with E-state index in [4.69, 9.17) is 16.3 Å². The van der Waals surface area contributed by atoms with Gasteiger partial charge in [0, 0.05) is 5.02 Å². The quantitative estimate of drug-likeness (QED) is 0.760. The Bertz CT molecular complexity index is 233. The Labute approximate surface area is 77.3 Å². The molecule has 0 aliphatic carbocycles. The van der Waals surface area contributed by atoms with Crippen molar-refractivity contribution < 1.29 is 10.5 Å². The van der Waals surface area contributed by atoms with E-state index in [1.165, 1.54) is 0 Å². The average Bonchev–Trinajstić information content (AvgIpc) is 2.03. The molecule has 0 saturated heterocycles. The summed E-state index contributed by atoms with van der Waals surface area (Å²) in [6.45, 7) is 2.65. The summed E-state index contributed by atoms with van der Waals surface area (Å²) in [5.41, 5.74) is 3.82. The Morgan fingerprint density at radius 3 is 2.50 bits per heavy atom. The van der Waals surface area contributed by atoms with E-state index >= 15 is 0 Å². The van der Waals surface area contributed by atoms with Gasteiger partial charge in [-0.05, 0) is 31.2 Å². The van der Waals surface area contributed by atoms with E-state index in [2.05, 4.69) is 5.73 Å². The summed E-state index contributed by atoms with van der Waals surface area (Å²) >= 11 is 5.71. The smallest absolute Gasteiger partial charge is 0.139 e. The fourth-order valence-corrected chi connectivity index (χ4v) is 0.895. The molecule has 0 saturated carbocycles. The van der Waals surface area contributed by atoms with Crippen molar-refractivity contribution in [2.45, 2.75) is 13.0 Å². The molecule has 1 aromatic rings. The number of ether oxygens (including phenoxy) is 1. The van der Waals surface area contributed by atoms with Crippen LogP contribution in [-0.4, -0.2) is 12.6 Å². The van der Waals surface area contributed by atoms with Crippen molar-refractivity contribution in [2.75, 3.05) is 6.61 Å². The van der Waals surface area contributed by atoms with Gasteiger partial charge in [0.05, 0.1) is 0 Å². The molecule has 3 N–H and O–H groups in total. The Balaban J connectivity index is 2.48. The molecule has 2 nitrogen and oxygen atoms in total. The summed E-state index contributed by atoms with van der Waals surface area (Å²) in [4.78, 5) is 0. The maximum Gasteiger partial charge on any atom is 0.139 e. The van der Waals surface area contributed by atoms with Gasteiger partial charge in [0.25, 0.3) is 0 Å². The molecule has 0 unspecified atom stereocenters. The Morgan fingerprint density at radius 1 is 1.42 bits per heavy atom. The van der Waals surface area contributed by atoms with E-state index in [1.54, 1.807) is 0 Å². The number of rotatable bonds is 3. The highest BCUT2D eigenvalue weighted by Gasteiger charge is 1.98. The monoisotopic (exact) mass is 186 g/mol. The standard InChI is InChI=1S/C9H12ClNO/c1-7(11)6-12-9-4-2-8(10)3-5-9/h2-5,7H,6,11H2,1H3/p+1/t7-/m1/s1. The lowest BCUT2D eigenvalue weighted by Gasteiger charge is -2.05. The molecule has 0 aliphatic rings. The third-order valence-electron chi connectivity index (χ3n) is 1.35. The zero-order chi connectivity index (χ0) is 8.97. The topological polar surface area (TPSA) is 36.9 Å². The Kier molecular flexibility index (Phi) is 3.38. The maximum atomic E-state index is 5.71. The van der Waals surface area contributed by atoms with Gasteiger partial charge in [-0.2, -0.15) is 0 Å². The Hall–Kier alpha value is -0.730. The highest BCUT2D eigenvalue weighted by molar-refractivity contribution is 6.30. The normalized spacial score (nSPS) is 12.6. The molecule has 0 radical (unpaired) electrons. The summed E-state index contributed by atoms with van der Waals surface area (Å²) < 4.78 is 5.40. The molecule has 3 heteroatoms. The lowest BCUT2D eigenvalue weighted by molar-refractivity contribution is -0.417. The molecule has 0 heterocycles. The fourth-order valence-electron chi connectivity index (χ4n) is 0.769. The van der Waals surface area contributed by atoms with E-state index in [0.29, 0.717) is 12.6 Å². The first-order valence-electron chi connectivity index (χ1n) is 3.90. The summed E-state index contributed by atoms with van der Waals surface area (Å²) in [5.74, 6) is 0.843. The van der Waals surface area contributed by atoms with E-state index in [0.717, 1.165) is 10.8 Å². The Morgan fingerprint density at radius 2 is 2.00 bits per heavy atom. The molecule has 1 atom stereocenters. The van der Waals surface area contributed by atoms with Crippen molar-refractivity contribution in [1.82, 2.24) is 0 Å². The summed E-state index contributed by atoms with van der Waals surface area (Å²) in [5, 5.41) is 0.727. The minimum absolute atomic E-state index is 0.306. The third-order valence-corrected chi connectivity index (χ3v) is 1.60. The van der Waals surface area contributed by atoms with Crippen LogP contribution in [0.2, 0.25) is 5.02 Å². The van der Waals surface area contributed by atoms with Crippen molar-refractivity contribution in [2.24, 2.45) is 0 Å². The van der Waals surface area contributed by atoms with Crippen LogP contribution in [0.25, 0.3) is 0 Å². The van der Waals surface area contributed by atoms with Gasteiger partial charge in [-0.1, -0.05) is 11.6 Å². The SMILES string of the molecule is C[C@@H]([NH3+])COc1ccc(Cl)cc1. The molecular formula is C9H13ClNO+. The van der Waals surface area contributed by atoms with Gasteiger partial charge in [0.1, 0.15) is 18.4 Å². The molecule has 0 aromatic heterocycles. The van der Waals surface area contributed by atoms with E-state index in [9.17, 15) is 0 Å². The van der Waals surface area contributed by atoms with Crippen LogP contribution in [0.5, 0.6) is 5.75 Å². The second-order valence-electron chi connectivity index (χ2n) is 2.87. The summed E-state index contributed by atoms with van der Waals surface area (Å²) in [6.07, 6.45) is 0. The maximum absolute atomic E-state index is 5.71. The minimum Gasteiger partial charge on any atom is -0.487 e. The van der Waals surface area contributed by atoms with Crippen molar-refractivity contribution >= 4 is 11.6 Å². The molecule has 0 aliphatic heterocycles. The van der Waals surface area contributed by atoms with Gasteiger partial charge in [-0.15, -0.1) is 0 Å². The van der Waals surface area contributed by atoms with Gasteiger partial charge < -0.3 is 10.5 Å². The number of quaternary nitrogens is 1. The van der Waals surface area contributed by atoms with Crippen molar-refractivity contribution in [1.29, 1.82) is 0 Å². The molecule has 0 bridgehead atoms. The predicted octanol–water partition coefficient (Wildman–Crippen LogP) is 1.35. The van der Waals surface area contributed by atoms with E-state index in [1.807, 2.05) is 31.2 Å². The van der Waals surface area contributed by atoms with E-state index in [-0.39, 0.29) is 0 Å². The van der Waals surface area contributed by atoms with Crippen LogP contribution in [-0.2, 0) is 0 Å². The lowest BCUT2D eigenvalue weighted by Crippen LogP contribution is -2.61. The van der Waals surface area contributed by atoms with Gasteiger partial charge in [0.2, 0.25) is 0 Å². The molecular weight excluding hydrogens is 174 g/mol. The average molecular weight is 187 g/mol. The minimum atomic E-state index is 0.306. The van der Waals surface area contributed by atoms with Crippen LogP contribution in [0.4, 0.5) is 0 Å². The van der Waals surface area contributed by atoms with Crippen molar-refractivity contribution in [3.05, 3.63) is 29.3 Å². The highest BCUT2D eigenvalue weighted by Crippen LogP contribution is 2.15. The van der Waals surface area contributed by atoms with Crippen molar-refractivity contribution in [3.8, 4) is 5.75 Å². The number of halogens is 1. The molecule has 1 rings (SSSR count). The van der Waals surface area contributed by atoms with Gasteiger partial charge in [-0.3, -0.25) is 0 Å². The molecule has 66 valence electrons. The lowest BCUT2D eigenvalue weighted by atomic mass is 10.3. The van der Waals surface area contributed by atoms with Crippen LogP contribution in [0.15, 0.2) is 24.3 Å². The van der Waals surface area contributed by atoms with Crippen molar-refractivity contribution in [3.63, 3.8) is 0 Å². The van der Waals surface area contributed by atoms with Crippen LogP contribution < -0.4 is 10.5 Å². The fraction of sp³-hybridized carbons (Fsp3) is 0.333. The molecule has 1 aromatic carbocycles. The van der Waals surface area contributed by atoms with Gasteiger partial charge >= 0.3 is 0 Å². The van der Waals surface area contributed by atoms with Crippen LogP contribution >= 0.6 is 11.6 Å². The largest absolute Gasteiger partial charge is 0.487 e. The molecule has 0 spiro atoms. The first-order chi connectivity index (χ1) is 5.68. The van der Waals surface area contributed by atoms with Gasteiger partial charge in [-0.25, -0.2) is 0 Å². The molecule has 0 amide bonds. The second kappa shape index (κ2) is 4.33. The first-order valence-corrected chi connectivity index (χ1v) is 4.27. The number of benzene rings is 1. The highest BCUT2D eigenvalue weighted by atomic mass is 35.5. The first kappa shape index (κ1) is 9.36. The number of hydrogen-bond donors (Lipinski definition) is 1. The molecule has 0 fully saturated rings. The molecule has 12 heavy (non-hydrogen) atoms. The zero-order valence-electron chi connectivity index (χ0n) is 7.09. The summed E-state index contributed by atoms with van der Waals surface area (Å²) in [7, 11) is 0. The van der Waals surface area contributed by atoms with Crippen LogP contribution in [0.3, 0.4) is 0 Å². The third kappa shape index (κ3) is 3.11. The predicted molar refractivity (Wildman–Crippen MR) is 49.3 cm³/mol. The second-order valence-corrected chi connectivity index (χ2v) is 3.31. The van der Waals surface area contributed by atoms with Crippen LogP contribution in [0.1, 0.15) is 6.92 Å². The summed E-state index contributed by atoms with van der Waals surface area (Å²) in [6, 6.07) is 7.63. The van der Waals surface area contributed by atoms with Gasteiger partial charge in [0.15, 0.2) is 0 Å². The number of hydrogen-bond acceptors (Lipinski definition) is 1. The zero-order valence-corrected chi connectivity index (χ0v) is 7.84. The van der Waals surface area contributed by atoms with Crippen LogP contribution in [0, 0.1) is 0 Å². The van der Waals surface area contributed by atoms with E-state index < -0.39 is 0 Å².